The summed E-state index contributed by atoms with van der Waals surface area (Å²) in [6, 6.07) is 0.161. The standard InChI is InChI=1S/C12H21N3O/c1-3-11-9(4-7-16-11)10(13)8-12-14-5-6-15(12)2/h5-6,9-11H,3-4,7-8,13H2,1-2H3. The lowest BCUT2D eigenvalue weighted by Crippen LogP contribution is -2.37. The number of nitrogens with two attached hydrogens (primary N) is 1. The number of aromatic nitrogens is 2. The van der Waals surface area contributed by atoms with Gasteiger partial charge in [0.2, 0.25) is 0 Å². The van der Waals surface area contributed by atoms with Gasteiger partial charge in [0.25, 0.3) is 0 Å². The molecule has 0 aliphatic carbocycles. The van der Waals surface area contributed by atoms with Gasteiger partial charge in [0.05, 0.1) is 6.10 Å². The molecule has 0 saturated carbocycles. The molecule has 0 spiro atoms. The van der Waals surface area contributed by atoms with Gasteiger partial charge < -0.3 is 15.0 Å². The number of aryl methyl sites for hydroxylation is 1. The van der Waals surface area contributed by atoms with Crippen LogP contribution in [0.4, 0.5) is 0 Å². The highest BCUT2D eigenvalue weighted by atomic mass is 16.5. The molecule has 0 radical (unpaired) electrons. The average molecular weight is 223 g/mol. The molecule has 4 heteroatoms. The molecular formula is C12H21N3O. The molecule has 3 atom stereocenters. The van der Waals surface area contributed by atoms with Crippen molar-refractivity contribution in [1.29, 1.82) is 0 Å². The molecule has 0 amide bonds. The fraction of sp³-hybridized carbons (Fsp3) is 0.750. The van der Waals surface area contributed by atoms with Crippen molar-refractivity contribution >= 4 is 0 Å². The quantitative estimate of drug-likeness (QED) is 0.831. The second-order valence-electron chi connectivity index (χ2n) is 4.59. The zero-order valence-electron chi connectivity index (χ0n) is 10.1. The van der Waals surface area contributed by atoms with Crippen LogP contribution in [0.2, 0.25) is 0 Å². The van der Waals surface area contributed by atoms with Crippen LogP contribution in [-0.4, -0.2) is 28.3 Å². The van der Waals surface area contributed by atoms with Crippen LogP contribution in [-0.2, 0) is 18.2 Å². The Morgan fingerprint density at radius 3 is 3.12 bits per heavy atom. The minimum atomic E-state index is 0.161. The van der Waals surface area contributed by atoms with Crippen molar-refractivity contribution in [3.63, 3.8) is 0 Å². The van der Waals surface area contributed by atoms with E-state index in [1.165, 1.54) is 0 Å². The molecule has 2 heterocycles. The molecule has 2 rings (SSSR count). The van der Waals surface area contributed by atoms with Gasteiger partial charge in [-0.3, -0.25) is 0 Å². The first kappa shape index (κ1) is 11.6. The molecule has 0 aromatic carbocycles. The van der Waals surface area contributed by atoms with Crippen molar-refractivity contribution in [1.82, 2.24) is 9.55 Å². The van der Waals surface area contributed by atoms with E-state index in [1.807, 2.05) is 24.0 Å². The van der Waals surface area contributed by atoms with Gasteiger partial charge in [-0.2, -0.15) is 0 Å². The molecule has 1 aromatic rings. The lowest BCUT2D eigenvalue weighted by molar-refractivity contribution is 0.0811. The summed E-state index contributed by atoms with van der Waals surface area (Å²) in [5, 5.41) is 0. The highest BCUT2D eigenvalue weighted by Crippen LogP contribution is 2.26. The van der Waals surface area contributed by atoms with E-state index < -0.39 is 0 Å². The van der Waals surface area contributed by atoms with E-state index in [0.29, 0.717) is 12.0 Å². The summed E-state index contributed by atoms with van der Waals surface area (Å²) in [5.41, 5.74) is 6.27. The Morgan fingerprint density at radius 2 is 2.50 bits per heavy atom. The topological polar surface area (TPSA) is 53.1 Å². The Bertz CT molecular complexity index is 337. The molecule has 1 saturated heterocycles. The molecule has 0 bridgehead atoms. The van der Waals surface area contributed by atoms with E-state index >= 15 is 0 Å². The minimum absolute atomic E-state index is 0.161. The first-order chi connectivity index (χ1) is 7.72. The Labute approximate surface area is 96.8 Å². The maximum atomic E-state index is 6.27. The predicted octanol–water partition coefficient (Wildman–Crippen LogP) is 1.10. The normalized spacial score (nSPS) is 27.2. The summed E-state index contributed by atoms with van der Waals surface area (Å²) in [6.45, 7) is 3.02. The number of hydrogen-bond acceptors (Lipinski definition) is 3. The first-order valence-electron chi connectivity index (χ1n) is 6.05. The van der Waals surface area contributed by atoms with Crippen LogP contribution in [0.15, 0.2) is 12.4 Å². The van der Waals surface area contributed by atoms with Crippen LogP contribution >= 0.6 is 0 Å². The van der Waals surface area contributed by atoms with Gasteiger partial charge in [-0.05, 0) is 12.8 Å². The van der Waals surface area contributed by atoms with Gasteiger partial charge in [-0.15, -0.1) is 0 Å². The van der Waals surface area contributed by atoms with Gasteiger partial charge in [0.1, 0.15) is 5.82 Å². The summed E-state index contributed by atoms with van der Waals surface area (Å²) in [4.78, 5) is 4.32. The smallest absolute Gasteiger partial charge is 0.109 e. The van der Waals surface area contributed by atoms with Gasteiger partial charge in [0.15, 0.2) is 0 Å². The third-order valence-corrected chi connectivity index (χ3v) is 3.55. The van der Waals surface area contributed by atoms with Gasteiger partial charge in [0, 0.05) is 44.4 Å². The molecule has 4 nitrogen and oxygen atoms in total. The summed E-state index contributed by atoms with van der Waals surface area (Å²) in [6.07, 6.45) is 7.11. The van der Waals surface area contributed by atoms with Crippen LogP contribution in [0.3, 0.4) is 0 Å². The lowest BCUT2D eigenvalue weighted by atomic mass is 9.90. The number of imidazole rings is 1. The third kappa shape index (κ3) is 2.28. The van der Waals surface area contributed by atoms with E-state index in [4.69, 9.17) is 10.5 Å². The second-order valence-corrected chi connectivity index (χ2v) is 4.59. The highest BCUT2D eigenvalue weighted by Gasteiger charge is 2.32. The Hall–Kier alpha value is -0.870. The number of nitrogens with zero attached hydrogens (tertiary/aromatic N) is 2. The third-order valence-electron chi connectivity index (χ3n) is 3.55. The zero-order chi connectivity index (χ0) is 11.5. The van der Waals surface area contributed by atoms with E-state index in [1.54, 1.807) is 0 Å². The monoisotopic (exact) mass is 223 g/mol. The fourth-order valence-corrected chi connectivity index (χ4v) is 2.53. The van der Waals surface area contributed by atoms with Gasteiger partial charge in [-0.25, -0.2) is 4.98 Å². The second kappa shape index (κ2) is 4.97. The maximum absolute atomic E-state index is 6.27. The highest BCUT2D eigenvalue weighted by molar-refractivity contribution is 4.97. The van der Waals surface area contributed by atoms with E-state index in [0.717, 1.165) is 31.7 Å². The molecule has 1 aliphatic rings. The Balaban J connectivity index is 1.97. The summed E-state index contributed by atoms with van der Waals surface area (Å²) in [5.74, 6) is 1.55. The number of rotatable bonds is 4. The van der Waals surface area contributed by atoms with Crippen LogP contribution in [0.1, 0.15) is 25.6 Å². The van der Waals surface area contributed by atoms with Crippen molar-refractivity contribution in [2.24, 2.45) is 18.7 Å². The molecule has 3 unspecified atom stereocenters. The summed E-state index contributed by atoms with van der Waals surface area (Å²) >= 11 is 0. The SMILES string of the molecule is CCC1OCCC1C(N)Cc1nccn1C. The van der Waals surface area contributed by atoms with Crippen LogP contribution in [0, 0.1) is 5.92 Å². The molecule has 16 heavy (non-hydrogen) atoms. The minimum Gasteiger partial charge on any atom is -0.378 e. The number of ether oxygens (including phenoxy) is 1. The van der Waals surface area contributed by atoms with E-state index in [-0.39, 0.29) is 6.04 Å². The van der Waals surface area contributed by atoms with Crippen molar-refractivity contribution in [3.8, 4) is 0 Å². The average Bonchev–Trinajstić information content (AvgIpc) is 2.87. The fourth-order valence-electron chi connectivity index (χ4n) is 2.53. The first-order valence-corrected chi connectivity index (χ1v) is 6.05. The molecule has 90 valence electrons. The maximum Gasteiger partial charge on any atom is 0.109 e. The Kier molecular flexibility index (Phi) is 3.61. The van der Waals surface area contributed by atoms with Crippen LogP contribution in [0.5, 0.6) is 0 Å². The van der Waals surface area contributed by atoms with Crippen molar-refractivity contribution in [2.75, 3.05) is 6.61 Å². The van der Waals surface area contributed by atoms with E-state index in [9.17, 15) is 0 Å². The van der Waals surface area contributed by atoms with Crippen LogP contribution < -0.4 is 5.73 Å². The molecule has 1 aromatic heterocycles. The summed E-state index contributed by atoms with van der Waals surface area (Å²) < 4.78 is 7.72. The summed E-state index contributed by atoms with van der Waals surface area (Å²) in [7, 11) is 2.01. The van der Waals surface area contributed by atoms with Crippen molar-refractivity contribution in [3.05, 3.63) is 18.2 Å². The predicted molar refractivity (Wildman–Crippen MR) is 63.0 cm³/mol. The largest absolute Gasteiger partial charge is 0.378 e. The zero-order valence-corrected chi connectivity index (χ0v) is 10.1. The number of hydrogen-bond donors (Lipinski definition) is 1. The lowest BCUT2D eigenvalue weighted by Gasteiger charge is -2.23. The van der Waals surface area contributed by atoms with Gasteiger partial charge in [-0.1, -0.05) is 6.92 Å². The van der Waals surface area contributed by atoms with E-state index in [2.05, 4.69) is 11.9 Å². The molecule has 1 aliphatic heterocycles. The molecular weight excluding hydrogens is 202 g/mol. The van der Waals surface area contributed by atoms with Crippen LogP contribution in [0.25, 0.3) is 0 Å². The Morgan fingerprint density at radius 1 is 1.69 bits per heavy atom. The van der Waals surface area contributed by atoms with Crippen molar-refractivity contribution < 1.29 is 4.74 Å². The van der Waals surface area contributed by atoms with Gasteiger partial charge >= 0.3 is 0 Å². The molecule has 2 N–H and O–H groups in total. The van der Waals surface area contributed by atoms with Crippen molar-refractivity contribution in [2.45, 2.75) is 38.3 Å². The molecule has 1 fully saturated rings.